The molecule has 0 aliphatic heterocycles. The van der Waals surface area contributed by atoms with Gasteiger partial charge in [0.05, 0.1) is 0 Å². The number of guanidine groups is 1. The summed E-state index contributed by atoms with van der Waals surface area (Å²) in [4.78, 5) is 5.38. The molecular weight excluding hydrogens is 393 g/mol. The summed E-state index contributed by atoms with van der Waals surface area (Å²) >= 11 is 7.63. The molecule has 1 aromatic rings. The second-order valence-corrected chi connectivity index (χ2v) is 5.71. The molecule has 0 radical (unpaired) electrons. The van der Waals surface area contributed by atoms with E-state index in [9.17, 15) is 0 Å². The molecule has 1 rings (SSSR count). The lowest BCUT2D eigenvalue weighted by molar-refractivity contribution is 0.706. The van der Waals surface area contributed by atoms with Gasteiger partial charge in [0, 0.05) is 35.3 Å². The molecule has 3 nitrogen and oxygen atoms in total. The van der Waals surface area contributed by atoms with Gasteiger partial charge in [-0.25, -0.2) is 0 Å². The zero-order valence-corrected chi connectivity index (χ0v) is 15.3. The van der Waals surface area contributed by atoms with Crippen molar-refractivity contribution >= 4 is 53.3 Å². The van der Waals surface area contributed by atoms with Crippen LogP contribution in [0.2, 0.25) is 5.02 Å². The molecule has 2 N–H and O–H groups in total. The fraction of sp³-hybridized carbons (Fsp3) is 0.462. The smallest absolute Gasteiger partial charge is 0.191 e. The van der Waals surface area contributed by atoms with Crippen molar-refractivity contribution < 1.29 is 0 Å². The van der Waals surface area contributed by atoms with Crippen LogP contribution in [0.4, 0.5) is 0 Å². The number of nitrogens with zero attached hydrogens (tertiary/aromatic N) is 1. The van der Waals surface area contributed by atoms with E-state index in [2.05, 4.69) is 29.5 Å². The van der Waals surface area contributed by atoms with Crippen LogP contribution in [0.25, 0.3) is 0 Å². The third-order valence-corrected chi connectivity index (χ3v) is 3.39. The molecule has 0 heterocycles. The van der Waals surface area contributed by atoms with Crippen molar-refractivity contribution in [3.63, 3.8) is 0 Å². The molecule has 0 saturated carbocycles. The van der Waals surface area contributed by atoms with Crippen molar-refractivity contribution in [2.75, 3.05) is 19.3 Å². The van der Waals surface area contributed by atoms with Crippen molar-refractivity contribution in [2.45, 2.75) is 24.8 Å². The van der Waals surface area contributed by atoms with Gasteiger partial charge < -0.3 is 10.6 Å². The van der Waals surface area contributed by atoms with Crippen LogP contribution in [0.3, 0.4) is 0 Å². The normalized spacial score (nSPS) is 11.1. The van der Waals surface area contributed by atoms with Gasteiger partial charge in [-0.1, -0.05) is 11.6 Å². The van der Waals surface area contributed by atoms with Crippen LogP contribution in [-0.2, 0) is 0 Å². The quantitative estimate of drug-likeness (QED) is 0.254. The zero-order valence-electron chi connectivity index (χ0n) is 11.4. The summed E-state index contributed by atoms with van der Waals surface area (Å²) in [5.41, 5.74) is 0. The van der Waals surface area contributed by atoms with Crippen LogP contribution in [-0.4, -0.2) is 31.3 Å². The molecule has 19 heavy (non-hydrogen) atoms. The summed E-state index contributed by atoms with van der Waals surface area (Å²) in [6.45, 7) is 5.06. The lowest BCUT2D eigenvalue weighted by Gasteiger charge is -2.14. The number of aliphatic imine (C=N–C) groups is 1. The van der Waals surface area contributed by atoms with Gasteiger partial charge in [-0.3, -0.25) is 4.99 Å². The van der Waals surface area contributed by atoms with E-state index in [-0.39, 0.29) is 24.0 Å². The van der Waals surface area contributed by atoms with E-state index in [0.29, 0.717) is 6.04 Å². The molecule has 0 aliphatic rings. The molecule has 0 unspecified atom stereocenters. The summed E-state index contributed by atoms with van der Waals surface area (Å²) in [5, 5.41) is 7.30. The SMILES string of the molecule is CN=C(NCCSc1ccc(Cl)cc1)NC(C)C.I. The topological polar surface area (TPSA) is 36.4 Å². The number of hydrogen-bond acceptors (Lipinski definition) is 2. The average Bonchev–Trinajstić information content (AvgIpc) is 2.34. The molecule has 0 aliphatic carbocycles. The third-order valence-electron chi connectivity index (χ3n) is 2.13. The van der Waals surface area contributed by atoms with E-state index in [1.165, 1.54) is 4.90 Å². The number of rotatable bonds is 5. The molecule has 0 fully saturated rings. The van der Waals surface area contributed by atoms with E-state index >= 15 is 0 Å². The molecule has 6 heteroatoms. The summed E-state index contributed by atoms with van der Waals surface area (Å²) in [6, 6.07) is 8.29. The van der Waals surface area contributed by atoms with Gasteiger partial charge in [0.2, 0.25) is 0 Å². The zero-order chi connectivity index (χ0) is 13.4. The first kappa shape index (κ1) is 18.9. The van der Waals surface area contributed by atoms with Crippen LogP contribution in [0.15, 0.2) is 34.2 Å². The highest BCUT2D eigenvalue weighted by atomic mass is 127. The Kier molecular flexibility index (Phi) is 10.5. The highest BCUT2D eigenvalue weighted by Crippen LogP contribution is 2.19. The molecule has 0 saturated heterocycles. The number of benzene rings is 1. The highest BCUT2D eigenvalue weighted by Gasteiger charge is 1.99. The van der Waals surface area contributed by atoms with Gasteiger partial charge in [-0.15, -0.1) is 35.7 Å². The van der Waals surface area contributed by atoms with Crippen LogP contribution < -0.4 is 10.6 Å². The molecular formula is C13H21ClIN3S. The maximum absolute atomic E-state index is 5.84. The Morgan fingerprint density at radius 1 is 1.32 bits per heavy atom. The van der Waals surface area contributed by atoms with E-state index in [0.717, 1.165) is 23.3 Å². The largest absolute Gasteiger partial charge is 0.356 e. The predicted octanol–water partition coefficient (Wildman–Crippen LogP) is 3.62. The van der Waals surface area contributed by atoms with Crippen LogP contribution in [0.1, 0.15) is 13.8 Å². The molecule has 0 amide bonds. The molecule has 0 bridgehead atoms. The van der Waals surface area contributed by atoms with E-state index < -0.39 is 0 Å². The van der Waals surface area contributed by atoms with Crippen LogP contribution in [0, 0.1) is 0 Å². The highest BCUT2D eigenvalue weighted by molar-refractivity contribution is 14.0. The van der Waals surface area contributed by atoms with Crippen molar-refractivity contribution in [3.8, 4) is 0 Å². The summed E-state index contributed by atoms with van der Waals surface area (Å²) in [7, 11) is 1.78. The summed E-state index contributed by atoms with van der Waals surface area (Å²) in [6.07, 6.45) is 0. The van der Waals surface area contributed by atoms with Crippen LogP contribution >= 0.6 is 47.3 Å². The number of halogens is 2. The molecule has 0 atom stereocenters. The van der Waals surface area contributed by atoms with Gasteiger partial charge in [-0.2, -0.15) is 0 Å². The standard InChI is InChI=1S/C13H20ClN3S.HI/c1-10(2)17-13(15-3)16-8-9-18-12-6-4-11(14)5-7-12;/h4-7,10H,8-9H2,1-3H3,(H2,15,16,17);1H. The Hall–Kier alpha value is -0.140. The lowest BCUT2D eigenvalue weighted by Crippen LogP contribution is -2.41. The Morgan fingerprint density at radius 3 is 2.47 bits per heavy atom. The Balaban J connectivity index is 0.00000324. The van der Waals surface area contributed by atoms with Crippen LogP contribution in [0.5, 0.6) is 0 Å². The predicted molar refractivity (Wildman–Crippen MR) is 97.2 cm³/mol. The van der Waals surface area contributed by atoms with Crippen molar-refractivity contribution in [1.29, 1.82) is 0 Å². The Morgan fingerprint density at radius 2 is 1.95 bits per heavy atom. The minimum Gasteiger partial charge on any atom is -0.356 e. The van der Waals surface area contributed by atoms with E-state index in [1.54, 1.807) is 18.8 Å². The molecule has 0 aromatic heterocycles. The van der Waals surface area contributed by atoms with Gasteiger partial charge in [-0.05, 0) is 38.1 Å². The maximum atomic E-state index is 5.84. The number of thioether (sulfide) groups is 1. The van der Waals surface area contributed by atoms with E-state index in [1.807, 2.05) is 24.3 Å². The number of nitrogens with one attached hydrogen (secondary N) is 2. The Bertz CT molecular complexity index is 382. The monoisotopic (exact) mass is 413 g/mol. The van der Waals surface area contributed by atoms with Crippen molar-refractivity contribution in [2.24, 2.45) is 4.99 Å². The van der Waals surface area contributed by atoms with Crippen molar-refractivity contribution in [3.05, 3.63) is 29.3 Å². The molecule has 108 valence electrons. The molecule has 0 spiro atoms. The first-order chi connectivity index (χ1) is 8.61. The van der Waals surface area contributed by atoms with E-state index in [4.69, 9.17) is 11.6 Å². The third kappa shape index (κ3) is 8.60. The van der Waals surface area contributed by atoms with Gasteiger partial charge in [0.15, 0.2) is 5.96 Å². The first-order valence-corrected chi connectivity index (χ1v) is 7.33. The fourth-order valence-corrected chi connectivity index (χ4v) is 2.23. The fourth-order valence-electron chi connectivity index (χ4n) is 1.34. The van der Waals surface area contributed by atoms with Gasteiger partial charge in [0.1, 0.15) is 0 Å². The minimum atomic E-state index is 0. The Labute approximate surface area is 142 Å². The molecule has 1 aromatic carbocycles. The lowest BCUT2D eigenvalue weighted by atomic mass is 10.4. The minimum absolute atomic E-state index is 0. The van der Waals surface area contributed by atoms with Crippen molar-refractivity contribution in [1.82, 2.24) is 10.6 Å². The summed E-state index contributed by atoms with van der Waals surface area (Å²) in [5.74, 6) is 1.84. The van der Waals surface area contributed by atoms with Gasteiger partial charge in [0.25, 0.3) is 0 Å². The summed E-state index contributed by atoms with van der Waals surface area (Å²) < 4.78 is 0. The van der Waals surface area contributed by atoms with Gasteiger partial charge >= 0.3 is 0 Å². The second-order valence-electron chi connectivity index (χ2n) is 4.10. The number of hydrogen-bond donors (Lipinski definition) is 2. The first-order valence-electron chi connectivity index (χ1n) is 5.97. The maximum Gasteiger partial charge on any atom is 0.191 e. The second kappa shape index (κ2) is 10.6. The average molecular weight is 414 g/mol.